The van der Waals surface area contributed by atoms with Crippen LogP contribution in [0.3, 0.4) is 0 Å². The zero-order chi connectivity index (χ0) is 41.3. The summed E-state index contributed by atoms with van der Waals surface area (Å²) in [6.45, 7) is 8.08. The van der Waals surface area contributed by atoms with Crippen molar-refractivity contribution in [3.8, 4) is 45.3 Å². The average Bonchev–Trinajstić information content (AvgIpc) is 3.25. The molecule has 8 aromatic rings. The fourth-order valence-corrected chi connectivity index (χ4v) is 8.93. The highest BCUT2D eigenvalue weighted by atomic mass is 16.5. The Bertz CT molecular complexity index is 2750. The number of aliphatic imine (C=N–C) groups is 2. The quantitative estimate of drug-likeness (QED) is 0.135. The molecule has 1 saturated carbocycles. The summed E-state index contributed by atoms with van der Waals surface area (Å²) in [5, 5.41) is 32.6. The molecule has 0 heterocycles. The van der Waals surface area contributed by atoms with E-state index in [4.69, 9.17) is 19.5 Å². The largest absolute Gasteiger partial charge is 0.507 e. The van der Waals surface area contributed by atoms with Crippen LogP contribution >= 0.6 is 0 Å². The van der Waals surface area contributed by atoms with Gasteiger partial charge in [-0.1, -0.05) is 122 Å². The van der Waals surface area contributed by atoms with E-state index in [9.17, 15) is 10.2 Å². The second-order valence-electron chi connectivity index (χ2n) is 16.4. The lowest BCUT2D eigenvalue weighted by molar-refractivity contribution is 0.243. The van der Waals surface area contributed by atoms with Crippen LogP contribution < -0.4 is 9.47 Å². The smallest absolute Gasteiger partial charge is 0.132 e. The van der Waals surface area contributed by atoms with E-state index in [1.807, 2.05) is 113 Å². The van der Waals surface area contributed by atoms with Gasteiger partial charge in [0.15, 0.2) is 0 Å². The standard InChI is InChI=1S/C54H50N2O4/c1-33(2)59-47-27-25-35-15-5-9-19-41(35)49(47)51-43-21-11-7-17-37(43)29-39(53(51)57)31-55-45-23-13-14-24-46(45)56-32-40-30-38-18-8-12-22-44(38)52(54(40)58)50-42-20-10-6-16-36(42)26-28-48(50)60-34(3)4/h5-12,15-22,25-34,45-46,57-58H,13-14,23-24H2,1-4H3/t45-,46-/m1/s1. The normalized spacial score (nSPS) is 16.0. The highest BCUT2D eigenvalue weighted by Crippen LogP contribution is 2.48. The molecule has 0 spiro atoms. The number of nitrogens with zero attached hydrogens (tertiary/aromatic N) is 2. The van der Waals surface area contributed by atoms with Crippen LogP contribution in [0.2, 0.25) is 0 Å². The van der Waals surface area contributed by atoms with Crippen molar-refractivity contribution in [3.05, 3.63) is 145 Å². The first-order chi connectivity index (χ1) is 29.2. The van der Waals surface area contributed by atoms with E-state index in [1.165, 1.54) is 0 Å². The minimum Gasteiger partial charge on any atom is -0.507 e. The molecular weight excluding hydrogens is 741 g/mol. The Kier molecular flexibility index (Phi) is 10.7. The zero-order valence-electron chi connectivity index (χ0n) is 34.6. The third-order valence-corrected chi connectivity index (χ3v) is 11.6. The Labute approximate surface area is 351 Å². The highest BCUT2D eigenvalue weighted by Gasteiger charge is 2.26. The molecule has 0 unspecified atom stereocenters. The summed E-state index contributed by atoms with van der Waals surface area (Å²) in [7, 11) is 0. The molecule has 2 atom stereocenters. The van der Waals surface area contributed by atoms with Gasteiger partial charge in [-0.15, -0.1) is 0 Å². The van der Waals surface area contributed by atoms with E-state index in [0.29, 0.717) is 11.1 Å². The molecule has 1 fully saturated rings. The van der Waals surface area contributed by atoms with Gasteiger partial charge in [0.2, 0.25) is 0 Å². The van der Waals surface area contributed by atoms with Gasteiger partial charge in [0.1, 0.15) is 23.0 Å². The molecule has 0 radical (unpaired) electrons. The first kappa shape index (κ1) is 38.8. The van der Waals surface area contributed by atoms with Crippen LogP contribution in [-0.2, 0) is 0 Å². The van der Waals surface area contributed by atoms with Crippen LogP contribution in [0.25, 0.3) is 65.3 Å². The molecule has 2 N–H and O–H groups in total. The van der Waals surface area contributed by atoms with Gasteiger partial charge < -0.3 is 19.7 Å². The first-order valence-corrected chi connectivity index (χ1v) is 21.2. The lowest BCUT2D eigenvalue weighted by Crippen LogP contribution is -2.27. The molecule has 0 amide bonds. The summed E-state index contributed by atoms with van der Waals surface area (Å²) >= 11 is 0. The molecule has 0 bridgehead atoms. The Morgan fingerprint density at radius 2 is 0.817 bits per heavy atom. The molecule has 9 rings (SSSR count). The predicted octanol–water partition coefficient (Wildman–Crippen LogP) is 13.5. The van der Waals surface area contributed by atoms with E-state index in [2.05, 4.69) is 60.7 Å². The number of phenols is 2. The molecule has 1 aliphatic carbocycles. The van der Waals surface area contributed by atoms with Crippen LogP contribution in [-0.4, -0.2) is 46.9 Å². The summed E-state index contributed by atoms with van der Waals surface area (Å²) in [5.74, 6) is 1.79. The number of fused-ring (bicyclic) bond motifs is 4. The second kappa shape index (κ2) is 16.5. The van der Waals surface area contributed by atoms with Gasteiger partial charge in [-0.05, 0) is 108 Å². The number of hydrogen-bond donors (Lipinski definition) is 2. The summed E-state index contributed by atoms with van der Waals surface area (Å²) in [4.78, 5) is 10.4. The van der Waals surface area contributed by atoms with Gasteiger partial charge in [0.05, 0.1) is 24.3 Å². The maximum absolute atomic E-state index is 12.3. The molecule has 8 aromatic carbocycles. The molecular formula is C54H50N2O4. The van der Waals surface area contributed by atoms with E-state index in [1.54, 1.807) is 0 Å². The topological polar surface area (TPSA) is 83.6 Å². The SMILES string of the molecule is CC(C)Oc1ccc2ccccc2c1-c1c(O)c(C=N[C@@H]2CCCC[C@H]2N=Cc2cc3ccccc3c(-c3c(OC(C)C)ccc4ccccc34)c2O)cc2ccccc12. The number of benzene rings is 8. The number of rotatable bonds is 10. The van der Waals surface area contributed by atoms with E-state index < -0.39 is 0 Å². The lowest BCUT2D eigenvalue weighted by Gasteiger charge is -2.26. The van der Waals surface area contributed by atoms with Crippen LogP contribution in [0.4, 0.5) is 0 Å². The summed E-state index contributed by atoms with van der Waals surface area (Å²) in [5.41, 5.74) is 4.49. The van der Waals surface area contributed by atoms with Crippen LogP contribution in [0.1, 0.15) is 64.5 Å². The van der Waals surface area contributed by atoms with Crippen LogP contribution in [0.15, 0.2) is 143 Å². The Morgan fingerprint density at radius 3 is 1.20 bits per heavy atom. The van der Waals surface area contributed by atoms with Crippen molar-refractivity contribution in [1.29, 1.82) is 0 Å². The number of ether oxygens (including phenoxy) is 2. The predicted molar refractivity (Wildman–Crippen MR) is 250 cm³/mol. The Morgan fingerprint density at radius 1 is 0.467 bits per heavy atom. The van der Waals surface area contributed by atoms with Crippen molar-refractivity contribution in [3.63, 3.8) is 0 Å². The number of aromatic hydroxyl groups is 2. The van der Waals surface area contributed by atoms with Crippen LogP contribution in [0, 0.1) is 0 Å². The van der Waals surface area contributed by atoms with Gasteiger partial charge in [-0.2, -0.15) is 0 Å². The summed E-state index contributed by atoms with van der Waals surface area (Å²) in [6.07, 6.45) is 7.39. The van der Waals surface area contributed by atoms with Crippen molar-refractivity contribution in [2.45, 2.75) is 77.7 Å². The molecule has 6 nitrogen and oxygen atoms in total. The fourth-order valence-electron chi connectivity index (χ4n) is 8.93. The third-order valence-electron chi connectivity index (χ3n) is 11.6. The highest BCUT2D eigenvalue weighted by molar-refractivity contribution is 6.14. The van der Waals surface area contributed by atoms with Crippen molar-refractivity contribution in [2.24, 2.45) is 9.98 Å². The first-order valence-electron chi connectivity index (χ1n) is 21.2. The molecule has 1 aliphatic rings. The van der Waals surface area contributed by atoms with Gasteiger partial charge in [-0.25, -0.2) is 0 Å². The molecule has 0 aliphatic heterocycles. The third kappa shape index (κ3) is 7.43. The number of phenolic OH excluding ortho intramolecular Hbond substituents is 2. The fraction of sp³-hybridized carbons (Fsp3) is 0.222. The van der Waals surface area contributed by atoms with E-state index in [0.717, 1.165) is 103 Å². The molecule has 60 heavy (non-hydrogen) atoms. The van der Waals surface area contributed by atoms with E-state index >= 15 is 0 Å². The van der Waals surface area contributed by atoms with Crippen LogP contribution in [0.5, 0.6) is 23.0 Å². The number of hydrogen-bond acceptors (Lipinski definition) is 6. The maximum Gasteiger partial charge on any atom is 0.132 e. The molecule has 0 saturated heterocycles. The average molecular weight is 791 g/mol. The van der Waals surface area contributed by atoms with Gasteiger partial charge >= 0.3 is 0 Å². The van der Waals surface area contributed by atoms with Crippen molar-refractivity contribution in [2.75, 3.05) is 0 Å². The summed E-state index contributed by atoms with van der Waals surface area (Å²) < 4.78 is 12.8. The minimum absolute atomic E-state index is 0.0513. The Balaban J connectivity index is 1.12. The molecule has 300 valence electrons. The van der Waals surface area contributed by atoms with Crippen molar-refractivity contribution < 1.29 is 19.7 Å². The maximum atomic E-state index is 12.3. The minimum atomic E-state index is -0.104. The molecule has 0 aromatic heterocycles. The van der Waals surface area contributed by atoms with Crippen molar-refractivity contribution >= 4 is 55.5 Å². The lowest BCUT2D eigenvalue weighted by atomic mass is 9.89. The van der Waals surface area contributed by atoms with Gasteiger partial charge in [0.25, 0.3) is 0 Å². The molecule has 6 heteroatoms. The Hall–Kier alpha value is -6.66. The van der Waals surface area contributed by atoms with Crippen molar-refractivity contribution in [1.82, 2.24) is 0 Å². The monoisotopic (exact) mass is 790 g/mol. The summed E-state index contributed by atoms with van der Waals surface area (Å²) in [6, 6.07) is 44.8. The van der Waals surface area contributed by atoms with Gasteiger partial charge in [0, 0.05) is 45.8 Å². The van der Waals surface area contributed by atoms with E-state index in [-0.39, 0.29) is 35.8 Å². The van der Waals surface area contributed by atoms with Gasteiger partial charge in [-0.3, -0.25) is 9.98 Å². The zero-order valence-corrected chi connectivity index (χ0v) is 34.6. The second-order valence-corrected chi connectivity index (χ2v) is 16.4.